The number of ether oxygens (including phenoxy) is 1. The second kappa shape index (κ2) is 7.38. The number of hydrogen-bond acceptors (Lipinski definition) is 3. The molecule has 5 nitrogen and oxygen atoms in total. The third-order valence-electron chi connectivity index (χ3n) is 4.95. The molecule has 142 valence electrons. The van der Waals surface area contributed by atoms with Crippen molar-refractivity contribution in [1.82, 2.24) is 14.9 Å². The summed E-state index contributed by atoms with van der Waals surface area (Å²) in [6, 6.07) is 0.506. The zero-order valence-electron chi connectivity index (χ0n) is 16.9. The Morgan fingerprint density at radius 1 is 1.28 bits per heavy atom. The van der Waals surface area contributed by atoms with Gasteiger partial charge in [-0.25, -0.2) is 9.78 Å². The maximum absolute atomic E-state index is 12.1. The van der Waals surface area contributed by atoms with Crippen LogP contribution in [0.4, 0.5) is 4.79 Å². The average Bonchev–Trinajstić information content (AvgIpc) is 2.82. The maximum Gasteiger partial charge on any atom is 0.408 e. The van der Waals surface area contributed by atoms with E-state index in [1.54, 1.807) is 0 Å². The number of amides is 1. The minimum atomic E-state index is -0.490. The fourth-order valence-electron chi connectivity index (χ4n) is 3.91. The van der Waals surface area contributed by atoms with Gasteiger partial charge in [-0.2, -0.15) is 0 Å². The second-order valence-electron chi connectivity index (χ2n) is 9.44. The van der Waals surface area contributed by atoms with Gasteiger partial charge in [0.2, 0.25) is 0 Å². The fourth-order valence-corrected chi connectivity index (χ4v) is 3.91. The van der Waals surface area contributed by atoms with E-state index in [0.717, 1.165) is 12.3 Å². The van der Waals surface area contributed by atoms with Gasteiger partial charge in [0.05, 0.1) is 6.33 Å². The van der Waals surface area contributed by atoms with Gasteiger partial charge in [0.25, 0.3) is 0 Å². The standard InChI is InChI=1S/C20H35N3O2/c1-14-8-9-17(15(2)10-14)23-13-21-12-16(23)11-20(6,7)22-18(24)25-19(3,4)5/h12-15,17H,8-11H2,1-7H3,(H,22,24). The Morgan fingerprint density at radius 3 is 2.56 bits per heavy atom. The van der Waals surface area contributed by atoms with Crippen LogP contribution in [0.2, 0.25) is 0 Å². The third-order valence-corrected chi connectivity index (χ3v) is 4.95. The quantitative estimate of drug-likeness (QED) is 0.855. The van der Waals surface area contributed by atoms with Gasteiger partial charge in [-0.3, -0.25) is 0 Å². The summed E-state index contributed by atoms with van der Waals surface area (Å²) >= 11 is 0. The molecule has 1 heterocycles. The molecule has 5 heteroatoms. The molecule has 1 saturated carbocycles. The van der Waals surface area contributed by atoms with Gasteiger partial charge < -0.3 is 14.6 Å². The van der Waals surface area contributed by atoms with Gasteiger partial charge in [0.1, 0.15) is 5.60 Å². The number of hydrogen-bond donors (Lipinski definition) is 1. The highest BCUT2D eigenvalue weighted by atomic mass is 16.6. The molecule has 0 radical (unpaired) electrons. The van der Waals surface area contributed by atoms with E-state index in [9.17, 15) is 4.79 Å². The van der Waals surface area contributed by atoms with E-state index in [1.807, 2.05) is 47.1 Å². The molecular weight excluding hydrogens is 314 g/mol. The molecule has 3 unspecified atom stereocenters. The van der Waals surface area contributed by atoms with Gasteiger partial charge in [-0.15, -0.1) is 0 Å². The van der Waals surface area contributed by atoms with Crippen molar-refractivity contribution in [1.29, 1.82) is 0 Å². The van der Waals surface area contributed by atoms with Crippen molar-refractivity contribution in [3.05, 3.63) is 18.2 Å². The third kappa shape index (κ3) is 5.75. The van der Waals surface area contributed by atoms with E-state index < -0.39 is 11.1 Å². The zero-order valence-corrected chi connectivity index (χ0v) is 16.9. The van der Waals surface area contributed by atoms with Crippen LogP contribution < -0.4 is 5.32 Å². The predicted octanol–water partition coefficient (Wildman–Crippen LogP) is 4.73. The second-order valence-corrected chi connectivity index (χ2v) is 9.44. The van der Waals surface area contributed by atoms with Crippen molar-refractivity contribution in [3.8, 4) is 0 Å². The number of carbonyl (C=O) groups is 1. The minimum Gasteiger partial charge on any atom is -0.444 e. The molecule has 1 aromatic heterocycles. The highest BCUT2D eigenvalue weighted by Crippen LogP contribution is 2.37. The minimum absolute atomic E-state index is 0.372. The van der Waals surface area contributed by atoms with Gasteiger partial charge in [-0.05, 0) is 65.7 Å². The van der Waals surface area contributed by atoms with Gasteiger partial charge in [0.15, 0.2) is 0 Å². The van der Waals surface area contributed by atoms with Crippen LogP contribution in [0.25, 0.3) is 0 Å². The van der Waals surface area contributed by atoms with Crippen LogP contribution in [0, 0.1) is 11.8 Å². The Balaban J connectivity index is 2.05. The van der Waals surface area contributed by atoms with Crippen LogP contribution in [-0.4, -0.2) is 26.8 Å². The number of alkyl carbamates (subject to hydrolysis) is 1. The molecule has 1 aliphatic carbocycles. The number of nitrogens with zero attached hydrogens (tertiary/aromatic N) is 2. The normalized spacial score (nSPS) is 24.8. The van der Waals surface area contributed by atoms with Crippen molar-refractivity contribution in [2.45, 2.75) is 91.3 Å². The summed E-state index contributed by atoms with van der Waals surface area (Å²) in [5.41, 5.74) is 0.286. The van der Waals surface area contributed by atoms with Crippen molar-refractivity contribution in [2.75, 3.05) is 0 Å². The highest BCUT2D eigenvalue weighted by molar-refractivity contribution is 5.68. The Hall–Kier alpha value is -1.52. The Kier molecular flexibility index (Phi) is 5.85. The van der Waals surface area contributed by atoms with E-state index in [-0.39, 0.29) is 6.09 Å². The molecule has 1 fully saturated rings. The number of aromatic nitrogens is 2. The van der Waals surface area contributed by atoms with E-state index in [1.165, 1.54) is 25.0 Å². The predicted molar refractivity (Wildman–Crippen MR) is 101 cm³/mol. The molecule has 0 aromatic carbocycles. The van der Waals surface area contributed by atoms with Crippen LogP contribution in [0.5, 0.6) is 0 Å². The lowest BCUT2D eigenvalue weighted by Gasteiger charge is -2.35. The number of carbonyl (C=O) groups excluding carboxylic acids is 1. The van der Waals surface area contributed by atoms with Gasteiger partial charge in [-0.1, -0.05) is 13.8 Å². The molecule has 1 aromatic rings. The first kappa shape index (κ1) is 19.8. The zero-order chi connectivity index (χ0) is 18.8. The molecule has 0 spiro atoms. The summed E-state index contributed by atoms with van der Waals surface area (Å²) in [6.07, 6.45) is 7.98. The summed E-state index contributed by atoms with van der Waals surface area (Å²) < 4.78 is 7.72. The molecular formula is C20H35N3O2. The van der Waals surface area contributed by atoms with E-state index in [4.69, 9.17) is 4.74 Å². The van der Waals surface area contributed by atoms with E-state index in [0.29, 0.717) is 12.0 Å². The summed E-state index contributed by atoms with van der Waals surface area (Å²) in [4.78, 5) is 16.5. The molecule has 2 rings (SSSR count). The molecule has 1 aliphatic rings. The van der Waals surface area contributed by atoms with Crippen LogP contribution in [0.3, 0.4) is 0 Å². The first-order chi connectivity index (χ1) is 11.5. The van der Waals surface area contributed by atoms with E-state index in [2.05, 4.69) is 28.7 Å². The lowest BCUT2D eigenvalue weighted by Crippen LogP contribution is -2.47. The monoisotopic (exact) mass is 349 g/mol. The molecule has 25 heavy (non-hydrogen) atoms. The number of nitrogens with one attached hydrogen (secondary N) is 1. The van der Waals surface area contributed by atoms with Crippen molar-refractivity contribution in [2.24, 2.45) is 11.8 Å². The topological polar surface area (TPSA) is 56.2 Å². The lowest BCUT2D eigenvalue weighted by atomic mass is 9.79. The highest BCUT2D eigenvalue weighted by Gasteiger charge is 2.30. The average molecular weight is 350 g/mol. The molecule has 0 aliphatic heterocycles. The Bertz CT molecular complexity index is 586. The summed E-state index contributed by atoms with van der Waals surface area (Å²) in [6.45, 7) is 14.4. The van der Waals surface area contributed by atoms with Crippen LogP contribution >= 0.6 is 0 Å². The SMILES string of the molecule is CC1CCC(n2cncc2CC(C)(C)NC(=O)OC(C)(C)C)C(C)C1. The van der Waals surface area contributed by atoms with Crippen molar-refractivity contribution < 1.29 is 9.53 Å². The summed E-state index contributed by atoms with van der Waals surface area (Å²) in [7, 11) is 0. The first-order valence-corrected chi connectivity index (χ1v) is 9.49. The van der Waals surface area contributed by atoms with Crippen molar-refractivity contribution >= 4 is 6.09 Å². The molecule has 3 atom stereocenters. The van der Waals surface area contributed by atoms with Gasteiger partial charge >= 0.3 is 6.09 Å². The summed E-state index contributed by atoms with van der Waals surface area (Å²) in [5.74, 6) is 1.46. The molecule has 1 N–H and O–H groups in total. The maximum atomic E-state index is 12.1. The van der Waals surface area contributed by atoms with Gasteiger partial charge in [0, 0.05) is 29.9 Å². The van der Waals surface area contributed by atoms with Crippen molar-refractivity contribution in [3.63, 3.8) is 0 Å². The van der Waals surface area contributed by atoms with Crippen LogP contribution in [0.1, 0.15) is 79.5 Å². The Labute approximate surface area is 152 Å². The fraction of sp³-hybridized carbons (Fsp3) is 0.800. The number of rotatable bonds is 4. The smallest absolute Gasteiger partial charge is 0.408 e. The molecule has 1 amide bonds. The Morgan fingerprint density at radius 2 is 1.96 bits per heavy atom. The molecule has 0 bridgehead atoms. The van der Waals surface area contributed by atoms with Crippen LogP contribution in [-0.2, 0) is 11.2 Å². The lowest BCUT2D eigenvalue weighted by molar-refractivity contribution is 0.0471. The molecule has 0 saturated heterocycles. The number of imidazole rings is 1. The first-order valence-electron chi connectivity index (χ1n) is 9.49. The largest absolute Gasteiger partial charge is 0.444 e. The van der Waals surface area contributed by atoms with Crippen LogP contribution in [0.15, 0.2) is 12.5 Å². The summed E-state index contributed by atoms with van der Waals surface area (Å²) in [5, 5.41) is 3.00. The van der Waals surface area contributed by atoms with E-state index >= 15 is 0 Å².